The van der Waals surface area contributed by atoms with E-state index in [9.17, 15) is 0 Å². The minimum Gasteiger partial charge on any atom is -0.310 e. The first-order valence-electron chi connectivity index (χ1n) is 7.85. The lowest BCUT2D eigenvalue weighted by molar-refractivity contribution is 0.203. The standard InChI is InChI=1S/C17H29ClN2/c1-5-14(4)20(7-3)13-12-17(19-6-2)15-10-8-9-11-16(15)18/h8-11,14,17,19H,5-7,12-13H2,1-4H3. The molecule has 0 fully saturated rings. The molecule has 1 N–H and O–H groups in total. The maximum absolute atomic E-state index is 6.34. The van der Waals surface area contributed by atoms with Gasteiger partial charge in [-0.05, 0) is 44.5 Å². The largest absolute Gasteiger partial charge is 0.310 e. The summed E-state index contributed by atoms with van der Waals surface area (Å²) in [6.07, 6.45) is 2.29. The molecule has 20 heavy (non-hydrogen) atoms. The predicted molar refractivity (Wildman–Crippen MR) is 89.5 cm³/mol. The summed E-state index contributed by atoms with van der Waals surface area (Å²) in [5, 5.41) is 4.43. The second-order valence-corrected chi connectivity index (χ2v) is 5.71. The van der Waals surface area contributed by atoms with E-state index in [1.807, 2.05) is 12.1 Å². The second kappa shape index (κ2) is 9.38. The zero-order valence-corrected chi connectivity index (χ0v) is 14.1. The highest BCUT2D eigenvalue weighted by Gasteiger charge is 2.16. The number of halogens is 1. The summed E-state index contributed by atoms with van der Waals surface area (Å²) >= 11 is 6.34. The number of rotatable bonds is 9. The fraction of sp³-hybridized carbons (Fsp3) is 0.647. The van der Waals surface area contributed by atoms with Crippen LogP contribution in [-0.2, 0) is 0 Å². The van der Waals surface area contributed by atoms with Crippen molar-refractivity contribution in [2.24, 2.45) is 0 Å². The first-order valence-corrected chi connectivity index (χ1v) is 8.23. The van der Waals surface area contributed by atoms with Crippen LogP contribution >= 0.6 is 11.6 Å². The molecule has 3 heteroatoms. The van der Waals surface area contributed by atoms with Crippen LogP contribution in [0.2, 0.25) is 5.02 Å². The molecule has 0 aliphatic heterocycles. The molecule has 2 unspecified atom stereocenters. The maximum Gasteiger partial charge on any atom is 0.0453 e. The van der Waals surface area contributed by atoms with Gasteiger partial charge in [-0.3, -0.25) is 0 Å². The average Bonchev–Trinajstić information content (AvgIpc) is 2.47. The number of hydrogen-bond acceptors (Lipinski definition) is 2. The van der Waals surface area contributed by atoms with Crippen molar-refractivity contribution in [3.63, 3.8) is 0 Å². The number of nitrogens with zero attached hydrogens (tertiary/aromatic N) is 1. The first kappa shape index (κ1) is 17.5. The van der Waals surface area contributed by atoms with E-state index in [4.69, 9.17) is 11.6 Å². The van der Waals surface area contributed by atoms with E-state index in [1.165, 1.54) is 12.0 Å². The molecule has 0 aromatic heterocycles. The van der Waals surface area contributed by atoms with Crippen LogP contribution in [0.4, 0.5) is 0 Å². The van der Waals surface area contributed by atoms with E-state index in [0.717, 1.165) is 31.1 Å². The summed E-state index contributed by atoms with van der Waals surface area (Å²) in [6.45, 7) is 12.1. The third kappa shape index (κ3) is 5.08. The van der Waals surface area contributed by atoms with Crippen LogP contribution in [0.25, 0.3) is 0 Å². The van der Waals surface area contributed by atoms with Gasteiger partial charge in [0.15, 0.2) is 0 Å². The Kier molecular flexibility index (Phi) is 8.20. The van der Waals surface area contributed by atoms with Crippen LogP contribution in [0, 0.1) is 0 Å². The summed E-state index contributed by atoms with van der Waals surface area (Å²) in [4.78, 5) is 2.54. The number of nitrogens with one attached hydrogen (secondary N) is 1. The van der Waals surface area contributed by atoms with Gasteiger partial charge in [0.05, 0.1) is 0 Å². The minimum absolute atomic E-state index is 0.340. The molecular formula is C17H29ClN2. The van der Waals surface area contributed by atoms with Crippen molar-refractivity contribution in [1.82, 2.24) is 10.2 Å². The van der Waals surface area contributed by atoms with Gasteiger partial charge in [0.25, 0.3) is 0 Å². The van der Waals surface area contributed by atoms with E-state index >= 15 is 0 Å². The molecule has 0 saturated heterocycles. The Labute approximate surface area is 129 Å². The lowest BCUT2D eigenvalue weighted by atomic mass is 10.0. The Morgan fingerprint density at radius 3 is 2.45 bits per heavy atom. The van der Waals surface area contributed by atoms with Gasteiger partial charge in [-0.1, -0.05) is 50.6 Å². The molecule has 0 aliphatic rings. The molecule has 0 bridgehead atoms. The molecule has 2 atom stereocenters. The van der Waals surface area contributed by atoms with Gasteiger partial charge < -0.3 is 10.2 Å². The van der Waals surface area contributed by atoms with Gasteiger partial charge in [-0.25, -0.2) is 0 Å². The van der Waals surface area contributed by atoms with Crippen molar-refractivity contribution in [2.75, 3.05) is 19.6 Å². The van der Waals surface area contributed by atoms with E-state index in [2.05, 4.69) is 50.0 Å². The molecule has 0 radical (unpaired) electrons. The van der Waals surface area contributed by atoms with Crippen LogP contribution in [0.15, 0.2) is 24.3 Å². The Morgan fingerprint density at radius 1 is 1.20 bits per heavy atom. The van der Waals surface area contributed by atoms with E-state index in [0.29, 0.717) is 12.1 Å². The average molecular weight is 297 g/mol. The van der Waals surface area contributed by atoms with E-state index in [-0.39, 0.29) is 0 Å². The van der Waals surface area contributed by atoms with Crippen LogP contribution in [0.3, 0.4) is 0 Å². The summed E-state index contributed by atoms with van der Waals surface area (Å²) in [6, 6.07) is 9.16. The first-order chi connectivity index (χ1) is 9.63. The predicted octanol–water partition coefficient (Wildman–Crippen LogP) is 4.50. The molecule has 1 rings (SSSR count). The minimum atomic E-state index is 0.340. The molecule has 0 saturated carbocycles. The normalized spacial score (nSPS) is 14.5. The third-order valence-electron chi connectivity index (χ3n) is 4.06. The Bertz CT molecular complexity index is 381. The number of hydrogen-bond donors (Lipinski definition) is 1. The topological polar surface area (TPSA) is 15.3 Å². The zero-order chi connectivity index (χ0) is 15.0. The van der Waals surface area contributed by atoms with Crippen molar-refractivity contribution in [3.05, 3.63) is 34.9 Å². The highest BCUT2D eigenvalue weighted by molar-refractivity contribution is 6.31. The second-order valence-electron chi connectivity index (χ2n) is 5.31. The van der Waals surface area contributed by atoms with Crippen LogP contribution < -0.4 is 5.32 Å². The lowest BCUT2D eigenvalue weighted by Crippen LogP contribution is -2.35. The Balaban J connectivity index is 2.70. The molecule has 0 spiro atoms. The van der Waals surface area contributed by atoms with Gasteiger partial charge >= 0.3 is 0 Å². The molecule has 0 heterocycles. The lowest BCUT2D eigenvalue weighted by Gasteiger charge is -2.29. The van der Waals surface area contributed by atoms with Crippen molar-refractivity contribution >= 4 is 11.6 Å². The Morgan fingerprint density at radius 2 is 1.90 bits per heavy atom. The SMILES string of the molecule is CCNC(CCN(CC)C(C)CC)c1ccccc1Cl. The zero-order valence-electron chi connectivity index (χ0n) is 13.3. The Hall–Kier alpha value is -0.570. The quantitative estimate of drug-likeness (QED) is 0.722. The summed E-state index contributed by atoms with van der Waals surface area (Å²) in [5.74, 6) is 0. The highest BCUT2D eigenvalue weighted by Crippen LogP contribution is 2.25. The smallest absolute Gasteiger partial charge is 0.0453 e. The fourth-order valence-corrected chi connectivity index (χ4v) is 2.88. The van der Waals surface area contributed by atoms with E-state index < -0.39 is 0 Å². The number of benzene rings is 1. The van der Waals surface area contributed by atoms with Crippen LogP contribution in [0.5, 0.6) is 0 Å². The van der Waals surface area contributed by atoms with Crippen molar-refractivity contribution in [1.29, 1.82) is 0 Å². The van der Waals surface area contributed by atoms with Gasteiger partial charge in [-0.2, -0.15) is 0 Å². The summed E-state index contributed by atoms with van der Waals surface area (Å²) in [5.41, 5.74) is 1.22. The van der Waals surface area contributed by atoms with Crippen molar-refractivity contribution in [3.8, 4) is 0 Å². The van der Waals surface area contributed by atoms with E-state index in [1.54, 1.807) is 0 Å². The summed E-state index contributed by atoms with van der Waals surface area (Å²) in [7, 11) is 0. The van der Waals surface area contributed by atoms with Crippen molar-refractivity contribution < 1.29 is 0 Å². The monoisotopic (exact) mass is 296 g/mol. The fourth-order valence-electron chi connectivity index (χ4n) is 2.61. The van der Waals surface area contributed by atoms with Crippen molar-refractivity contribution in [2.45, 2.75) is 52.6 Å². The molecule has 1 aromatic rings. The van der Waals surface area contributed by atoms with Gasteiger partial charge in [0, 0.05) is 23.7 Å². The van der Waals surface area contributed by atoms with Crippen LogP contribution in [0.1, 0.15) is 52.1 Å². The molecule has 0 aliphatic carbocycles. The van der Waals surface area contributed by atoms with Gasteiger partial charge in [-0.15, -0.1) is 0 Å². The molecule has 114 valence electrons. The molecule has 1 aromatic carbocycles. The maximum atomic E-state index is 6.34. The highest BCUT2D eigenvalue weighted by atomic mass is 35.5. The third-order valence-corrected chi connectivity index (χ3v) is 4.40. The summed E-state index contributed by atoms with van der Waals surface area (Å²) < 4.78 is 0. The van der Waals surface area contributed by atoms with Gasteiger partial charge in [0.1, 0.15) is 0 Å². The van der Waals surface area contributed by atoms with Crippen LogP contribution in [-0.4, -0.2) is 30.6 Å². The molecule has 0 amide bonds. The molecule has 2 nitrogen and oxygen atoms in total. The van der Waals surface area contributed by atoms with Gasteiger partial charge in [0.2, 0.25) is 0 Å². The molecular weight excluding hydrogens is 268 g/mol.